The molecule has 0 saturated carbocycles. The van der Waals surface area contributed by atoms with Crippen LogP contribution < -0.4 is 15.4 Å². The first-order valence-electron chi connectivity index (χ1n) is 10.5. The van der Waals surface area contributed by atoms with Gasteiger partial charge in [-0.25, -0.2) is 4.79 Å². The van der Waals surface area contributed by atoms with Gasteiger partial charge in [-0.15, -0.1) is 0 Å². The fourth-order valence-corrected chi connectivity index (χ4v) is 3.36. The van der Waals surface area contributed by atoms with Crippen LogP contribution in [0.1, 0.15) is 21.7 Å². The van der Waals surface area contributed by atoms with Crippen molar-refractivity contribution in [2.45, 2.75) is 13.2 Å². The van der Waals surface area contributed by atoms with Gasteiger partial charge in [0.25, 0.3) is 0 Å². The van der Waals surface area contributed by atoms with Crippen LogP contribution in [-0.4, -0.2) is 51.9 Å². The summed E-state index contributed by atoms with van der Waals surface area (Å²) in [5.74, 6) is 0.715. The fraction of sp³-hybridized carbons (Fsp3) is 0.208. The number of nitrogens with two attached hydrogens (primary N) is 1. The van der Waals surface area contributed by atoms with Gasteiger partial charge < -0.3 is 20.1 Å². The molecule has 0 aliphatic heterocycles. The van der Waals surface area contributed by atoms with E-state index in [1.165, 1.54) is 0 Å². The number of rotatable bonds is 8. The van der Waals surface area contributed by atoms with Gasteiger partial charge in [-0.05, 0) is 17.7 Å². The lowest BCUT2D eigenvalue weighted by Crippen LogP contribution is -2.17. The number of carbonyl (C=O) groups is 1. The summed E-state index contributed by atoms with van der Waals surface area (Å²) in [4.78, 5) is 27.2. The molecular formula is C24H25N7O3. The average molecular weight is 460 g/mol. The van der Waals surface area contributed by atoms with E-state index in [1.807, 2.05) is 54.6 Å². The normalized spacial score (nSPS) is 10.7. The molecule has 174 valence electrons. The van der Waals surface area contributed by atoms with Crippen molar-refractivity contribution in [3.05, 3.63) is 77.7 Å². The highest BCUT2D eigenvalue weighted by atomic mass is 16.5. The number of aromatic nitrogens is 5. The summed E-state index contributed by atoms with van der Waals surface area (Å²) in [5, 5.41) is 4.68. The second-order valence-corrected chi connectivity index (χ2v) is 7.66. The third-order valence-electron chi connectivity index (χ3n) is 4.95. The van der Waals surface area contributed by atoms with Gasteiger partial charge in [0.1, 0.15) is 17.0 Å². The Balaban J connectivity index is 1.64. The lowest BCUT2D eigenvalue weighted by Gasteiger charge is -2.11. The quantitative estimate of drug-likeness (QED) is 0.396. The Morgan fingerprint density at radius 2 is 1.76 bits per heavy atom. The van der Waals surface area contributed by atoms with Gasteiger partial charge in [0.15, 0.2) is 12.4 Å². The van der Waals surface area contributed by atoms with Crippen molar-refractivity contribution in [1.29, 1.82) is 0 Å². The Hall–Kier alpha value is -4.47. The molecule has 0 bridgehead atoms. The Bertz CT molecular complexity index is 1290. The first-order valence-corrected chi connectivity index (χ1v) is 10.5. The van der Waals surface area contributed by atoms with Crippen LogP contribution in [0.3, 0.4) is 0 Å². The second-order valence-electron chi connectivity index (χ2n) is 7.66. The SMILES string of the molecule is COc1ccccc1-c1nn(Cc2ccccc2)cc1C(=O)OCc1nc(N)nc(N(C)C)n1. The molecule has 0 atom stereocenters. The van der Waals surface area contributed by atoms with Gasteiger partial charge in [0, 0.05) is 25.9 Å². The van der Waals surface area contributed by atoms with E-state index in [2.05, 4.69) is 20.1 Å². The number of nitrogens with zero attached hydrogens (tertiary/aromatic N) is 6. The van der Waals surface area contributed by atoms with Crippen molar-refractivity contribution in [2.75, 3.05) is 31.8 Å². The first-order chi connectivity index (χ1) is 16.4. The second kappa shape index (κ2) is 9.99. The van der Waals surface area contributed by atoms with E-state index in [4.69, 9.17) is 15.2 Å². The van der Waals surface area contributed by atoms with Crippen LogP contribution in [0.25, 0.3) is 11.3 Å². The minimum absolute atomic E-state index is 0.0511. The molecule has 0 aliphatic carbocycles. The Morgan fingerprint density at radius 3 is 2.50 bits per heavy atom. The number of nitrogen functional groups attached to an aromatic ring is 1. The van der Waals surface area contributed by atoms with Crippen molar-refractivity contribution in [3.8, 4) is 17.0 Å². The standard InChI is InChI=1S/C24H25N7O3/c1-30(2)24-27-20(26-23(25)28-24)15-34-22(32)18-14-31(13-16-9-5-4-6-10-16)29-21(18)17-11-7-8-12-19(17)33-3/h4-12,14H,13,15H2,1-3H3,(H2,25,26,27,28). The van der Waals surface area contributed by atoms with Crippen LogP contribution in [-0.2, 0) is 17.9 Å². The molecule has 0 unspecified atom stereocenters. The van der Waals surface area contributed by atoms with E-state index >= 15 is 0 Å². The largest absolute Gasteiger partial charge is 0.496 e. The third-order valence-corrected chi connectivity index (χ3v) is 4.95. The van der Waals surface area contributed by atoms with Gasteiger partial charge in [-0.1, -0.05) is 42.5 Å². The summed E-state index contributed by atoms with van der Waals surface area (Å²) in [6, 6.07) is 17.2. The molecule has 0 amide bonds. The van der Waals surface area contributed by atoms with E-state index in [0.29, 0.717) is 35.1 Å². The first kappa shape index (κ1) is 22.7. The van der Waals surface area contributed by atoms with E-state index in [0.717, 1.165) is 5.56 Å². The van der Waals surface area contributed by atoms with Crippen LogP contribution in [0.5, 0.6) is 5.75 Å². The number of carbonyl (C=O) groups excluding carboxylic acids is 1. The molecule has 0 radical (unpaired) electrons. The average Bonchev–Trinajstić information content (AvgIpc) is 3.26. The summed E-state index contributed by atoms with van der Waals surface area (Å²) >= 11 is 0. The molecular weight excluding hydrogens is 434 g/mol. The topological polar surface area (TPSA) is 121 Å². The summed E-state index contributed by atoms with van der Waals surface area (Å²) in [7, 11) is 5.14. The van der Waals surface area contributed by atoms with E-state index in [9.17, 15) is 4.79 Å². The van der Waals surface area contributed by atoms with Crippen LogP contribution in [0.4, 0.5) is 11.9 Å². The zero-order valence-electron chi connectivity index (χ0n) is 19.2. The molecule has 10 nitrogen and oxygen atoms in total. The number of para-hydroxylation sites is 1. The van der Waals surface area contributed by atoms with Gasteiger partial charge in [0.05, 0.1) is 13.7 Å². The van der Waals surface area contributed by atoms with Crippen molar-refractivity contribution >= 4 is 17.9 Å². The lowest BCUT2D eigenvalue weighted by atomic mass is 10.1. The monoisotopic (exact) mass is 459 g/mol. The minimum Gasteiger partial charge on any atom is -0.496 e. The molecule has 2 N–H and O–H groups in total. The van der Waals surface area contributed by atoms with E-state index in [1.54, 1.807) is 37.0 Å². The number of hydrogen-bond acceptors (Lipinski definition) is 9. The maximum atomic E-state index is 13.2. The van der Waals surface area contributed by atoms with Gasteiger partial charge in [0.2, 0.25) is 11.9 Å². The van der Waals surface area contributed by atoms with Crippen molar-refractivity contribution in [2.24, 2.45) is 0 Å². The molecule has 0 fully saturated rings. The van der Waals surface area contributed by atoms with Crippen molar-refractivity contribution in [1.82, 2.24) is 24.7 Å². The predicted octanol–water partition coefficient (Wildman–Crippen LogP) is 2.80. The zero-order valence-corrected chi connectivity index (χ0v) is 19.2. The molecule has 4 rings (SSSR count). The molecule has 10 heteroatoms. The summed E-state index contributed by atoms with van der Waals surface area (Å²) in [5.41, 5.74) is 8.26. The third kappa shape index (κ3) is 5.12. The molecule has 0 spiro atoms. The summed E-state index contributed by atoms with van der Waals surface area (Å²) in [6.45, 7) is 0.327. The Morgan fingerprint density at radius 1 is 1.03 bits per heavy atom. The maximum absolute atomic E-state index is 13.2. The van der Waals surface area contributed by atoms with Crippen molar-refractivity contribution < 1.29 is 14.3 Å². The van der Waals surface area contributed by atoms with E-state index in [-0.39, 0.29) is 18.4 Å². The van der Waals surface area contributed by atoms with Gasteiger partial charge in [-0.2, -0.15) is 20.1 Å². The van der Waals surface area contributed by atoms with Gasteiger partial charge in [-0.3, -0.25) is 4.68 Å². The highest BCUT2D eigenvalue weighted by Crippen LogP contribution is 2.31. The molecule has 34 heavy (non-hydrogen) atoms. The smallest absolute Gasteiger partial charge is 0.342 e. The molecule has 2 heterocycles. The maximum Gasteiger partial charge on any atom is 0.342 e. The van der Waals surface area contributed by atoms with Crippen LogP contribution in [0.2, 0.25) is 0 Å². The fourth-order valence-electron chi connectivity index (χ4n) is 3.36. The minimum atomic E-state index is -0.564. The van der Waals surface area contributed by atoms with Crippen LogP contribution in [0.15, 0.2) is 60.8 Å². The predicted molar refractivity (Wildman–Crippen MR) is 127 cm³/mol. The van der Waals surface area contributed by atoms with Gasteiger partial charge >= 0.3 is 5.97 Å². The molecule has 2 aromatic heterocycles. The number of benzene rings is 2. The zero-order chi connectivity index (χ0) is 24.1. The van der Waals surface area contributed by atoms with Crippen LogP contribution in [0, 0.1) is 0 Å². The lowest BCUT2D eigenvalue weighted by molar-refractivity contribution is 0.0463. The highest BCUT2D eigenvalue weighted by molar-refractivity contribution is 5.96. The molecule has 2 aromatic carbocycles. The Labute approximate surface area is 197 Å². The summed E-state index contributed by atoms with van der Waals surface area (Å²) in [6.07, 6.45) is 1.67. The number of hydrogen-bond donors (Lipinski definition) is 1. The van der Waals surface area contributed by atoms with Crippen LogP contribution >= 0.6 is 0 Å². The number of esters is 1. The molecule has 4 aromatic rings. The number of methoxy groups -OCH3 is 1. The molecule has 0 aliphatic rings. The molecule has 0 saturated heterocycles. The highest BCUT2D eigenvalue weighted by Gasteiger charge is 2.22. The van der Waals surface area contributed by atoms with Crippen molar-refractivity contribution in [3.63, 3.8) is 0 Å². The van der Waals surface area contributed by atoms with E-state index < -0.39 is 5.97 Å². The Kier molecular flexibility index (Phi) is 6.67. The summed E-state index contributed by atoms with van der Waals surface area (Å²) < 4.78 is 12.7. The number of ether oxygens (including phenoxy) is 2. The number of anilines is 2.